The molecule has 1 fully saturated rings. The second-order valence-electron chi connectivity index (χ2n) is 14.6. The van der Waals surface area contributed by atoms with Crippen molar-refractivity contribution >= 4 is 35.1 Å². The van der Waals surface area contributed by atoms with E-state index in [1.165, 1.54) is 16.9 Å². The highest BCUT2D eigenvalue weighted by molar-refractivity contribution is 6.08. The Balaban J connectivity index is 1.09. The molecule has 13 nitrogen and oxygen atoms in total. The van der Waals surface area contributed by atoms with Crippen molar-refractivity contribution in [2.45, 2.75) is 51.0 Å². The largest absolute Gasteiger partial charge is 0.481 e. The van der Waals surface area contributed by atoms with E-state index >= 15 is 0 Å². The van der Waals surface area contributed by atoms with Gasteiger partial charge in [0.05, 0.1) is 63.5 Å². The van der Waals surface area contributed by atoms with Crippen molar-refractivity contribution in [1.82, 2.24) is 15.2 Å². The molecule has 1 aromatic heterocycles. The van der Waals surface area contributed by atoms with Crippen LogP contribution in [0.25, 0.3) is 11.3 Å². The zero-order chi connectivity index (χ0) is 40.7. The average molecular weight is 792 g/mol. The van der Waals surface area contributed by atoms with Crippen LogP contribution in [0.2, 0.25) is 0 Å². The molecule has 3 aromatic carbocycles. The molecule has 0 spiro atoms. The number of carboxylic acids is 1. The number of nitrogens with zero attached hydrogens (tertiary/aromatic N) is 3. The van der Waals surface area contributed by atoms with E-state index in [0.29, 0.717) is 73.2 Å². The molecule has 1 saturated heterocycles. The second-order valence-corrected chi connectivity index (χ2v) is 14.6. The highest BCUT2D eigenvalue weighted by atomic mass is 16.5. The molecule has 1 unspecified atom stereocenters. The van der Waals surface area contributed by atoms with Gasteiger partial charge in [-0.2, -0.15) is 0 Å². The summed E-state index contributed by atoms with van der Waals surface area (Å²) in [6.07, 6.45) is 7.88. The number of hydrogen-bond acceptors (Lipinski definition) is 9. The number of hydrogen-bond donors (Lipinski definition) is 3. The maximum absolute atomic E-state index is 13.8. The predicted molar refractivity (Wildman–Crippen MR) is 221 cm³/mol. The van der Waals surface area contributed by atoms with Crippen LogP contribution in [-0.4, -0.2) is 105 Å². The molecule has 6 rings (SSSR count). The smallest absolute Gasteiger partial charge is 0.305 e. The Labute approximate surface area is 339 Å². The normalized spacial score (nSPS) is 15.0. The molecular weight excluding hydrogens is 739 g/mol. The molecule has 1 aliphatic heterocycles. The van der Waals surface area contributed by atoms with Gasteiger partial charge in [0.2, 0.25) is 0 Å². The molecular formula is C45H53N5O8. The molecule has 2 heterocycles. The molecule has 13 heteroatoms. The van der Waals surface area contributed by atoms with Gasteiger partial charge in [-0.05, 0) is 98.2 Å². The SMILES string of the molecule is CN(CCOCCOCCOCCC(=O)O)C(=O)c1cccc(C(=O)Nc2ccc(N3CCCCC3)cc2-c2cc(C(=O)NC3CCCc4ccccc43)ccn2)c1. The number of pyridine rings is 1. The number of aryl methyl sites for hydroxylation is 1. The minimum atomic E-state index is -0.906. The van der Waals surface area contributed by atoms with E-state index in [4.69, 9.17) is 19.3 Å². The summed E-state index contributed by atoms with van der Waals surface area (Å²) < 4.78 is 16.2. The summed E-state index contributed by atoms with van der Waals surface area (Å²) in [6.45, 7) is 3.95. The first-order valence-electron chi connectivity index (χ1n) is 20.1. The van der Waals surface area contributed by atoms with E-state index in [1.54, 1.807) is 49.6 Å². The van der Waals surface area contributed by atoms with E-state index in [9.17, 15) is 19.2 Å². The lowest BCUT2D eigenvalue weighted by atomic mass is 9.87. The van der Waals surface area contributed by atoms with Crippen LogP contribution >= 0.6 is 0 Å². The molecule has 1 atom stereocenters. The Hall–Kier alpha value is -5.63. The van der Waals surface area contributed by atoms with Crippen LogP contribution in [0.3, 0.4) is 0 Å². The Bertz CT molecular complexity index is 2030. The summed E-state index contributed by atoms with van der Waals surface area (Å²) >= 11 is 0. The van der Waals surface area contributed by atoms with Gasteiger partial charge in [-0.15, -0.1) is 0 Å². The van der Waals surface area contributed by atoms with Gasteiger partial charge in [0.1, 0.15) is 0 Å². The maximum atomic E-state index is 13.8. The van der Waals surface area contributed by atoms with Crippen LogP contribution in [-0.2, 0) is 25.4 Å². The van der Waals surface area contributed by atoms with Gasteiger partial charge in [-0.3, -0.25) is 24.2 Å². The van der Waals surface area contributed by atoms with Gasteiger partial charge in [0, 0.05) is 60.8 Å². The first kappa shape index (κ1) is 42.0. The highest BCUT2D eigenvalue weighted by Gasteiger charge is 2.23. The third-order valence-electron chi connectivity index (χ3n) is 10.4. The summed E-state index contributed by atoms with van der Waals surface area (Å²) in [5.74, 6) is -1.72. The van der Waals surface area contributed by atoms with E-state index in [-0.39, 0.29) is 36.8 Å². The summed E-state index contributed by atoms with van der Waals surface area (Å²) in [4.78, 5) is 59.9. The van der Waals surface area contributed by atoms with E-state index in [2.05, 4.69) is 32.7 Å². The molecule has 0 radical (unpaired) electrons. The van der Waals surface area contributed by atoms with Crippen molar-refractivity contribution in [3.8, 4) is 11.3 Å². The average Bonchev–Trinajstić information content (AvgIpc) is 3.25. The fourth-order valence-corrected chi connectivity index (χ4v) is 7.28. The monoisotopic (exact) mass is 791 g/mol. The minimum absolute atomic E-state index is 0.0466. The topological polar surface area (TPSA) is 160 Å². The van der Waals surface area contributed by atoms with Crippen LogP contribution in [0.15, 0.2) is 85.1 Å². The summed E-state index contributed by atoms with van der Waals surface area (Å²) in [5.41, 5.74) is 6.42. The van der Waals surface area contributed by atoms with Crippen LogP contribution in [0.4, 0.5) is 11.4 Å². The summed E-state index contributed by atoms with van der Waals surface area (Å²) in [6, 6.07) is 24.2. The third-order valence-corrected chi connectivity index (χ3v) is 10.4. The lowest BCUT2D eigenvalue weighted by Crippen LogP contribution is -2.31. The lowest BCUT2D eigenvalue weighted by molar-refractivity contribution is -0.138. The number of rotatable bonds is 19. The number of anilines is 2. The number of aliphatic carboxylic acids is 1. The Morgan fingerprint density at radius 3 is 2.29 bits per heavy atom. The fraction of sp³-hybridized carbons (Fsp3) is 0.400. The number of aromatic nitrogens is 1. The molecule has 4 aromatic rings. The van der Waals surface area contributed by atoms with Crippen molar-refractivity contribution in [3.05, 3.63) is 113 Å². The van der Waals surface area contributed by atoms with Gasteiger partial charge < -0.3 is 39.8 Å². The van der Waals surface area contributed by atoms with Crippen molar-refractivity contribution in [2.75, 3.05) is 76.5 Å². The number of piperidine rings is 1. The van der Waals surface area contributed by atoms with Gasteiger partial charge in [-0.25, -0.2) is 0 Å². The molecule has 306 valence electrons. The minimum Gasteiger partial charge on any atom is -0.481 e. The molecule has 3 amide bonds. The summed E-state index contributed by atoms with van der Waals surface area (Å²) in [5, 5.41) is 14.9. The molecule has 0 bridgehead atoms. The molecule has 0 saturated carbocycles. The predicted octanol–water partition coefficient (Wildman–Crippen LogP) is 6.40. The van der Waals surface area contributed by atoms with Crippen LogP contribution in [0.1, 0.15) is 86.8 Å². The number of likely N-dealkylation sites (N-methyl/N-ethyl adjacent to an activating group) is 1. The van der Waals surface area contributed by atoms with Gasteiger partial charge >= 0.3 is 5.97 Å². The fourth-order valence-electron chi connectivity index (χ4n) is 7.28. The number of nitrogens with one attached hydrogen (secondary N) is 2. The number of carboxylic acid groups (broad SMARTS) is 1. The lowest BCUT2D eigenvalue weighted by Gasteiger charge is -2.29. The van der Waals surface area contributed by atoms with Crippen LogP contribution in [0, 0.1) is 0 Å². The second kappa shape index (κ2) is 21.2. The van der Waals surface area contributed by atoms with Gasteiger partial charge in [0.15, 0.2) is 0 Å². The quantitative estimate of drug-likeness (QED) is 0.0909. The van der Waals surface area contributed by atoms with Crippen LogP contribution < -0.4 is 15.5 Å². The number of amides is 3. The zero-order valence-corrected chi connectivity index (χ0v) is 33.1. The van der Waals surface area contributed by atoms with E-state index in [1.807, 2.05) is 30.3 Å². The first-order valence-corrected chi connectivity index (χ1v) is 20.1. The molecule has 1 aliphatic carbocycles. The van der Waals surface area contributed by atoms with Crippen molar-refractivity contribution < 1.29 is 38.5 Å². The highest BCUT2D eigenvalue weighted by Crippen LogP contribution is 2.34. The third kappa shape index (κ3) is 11.7. The van der Waals surface area contributed by atoms with Gasteiger partial charge in [0.25, 0.3) is 17.7 Å². The standard InChI is InChI=1S/C45H53N5O8/c1-49(22-24-57-26-28-58-27-25-56-23-18-42(51)52)45(55)35-12-7-11-33(29-35)43(53)48-40-16-15-36(50-20-5-2-6-21-50)31-38(40)41-30-34(17-19-46-41)44(54)47-39-14-8-10-32-9-3-4-13-37(32)39/h3-4,7,9,11-13,15-17,19,29-31,39H,2,5-6,8,10,14,18,20-28H2,1H3,(H,47,54)(H,48,53)(H,51,52). The summed E-state index contributed by atoms with van der Waals surface area (Å²) in [7, 11) is 1.68. The number of carbonyl (C=O) groups excluding carboxylic acids is 3. The Morgan fingerprint density at radius 1 is 0.776 bits per heavy atom. The van der Waals surface area contributed by atoms with Crippen molar-refractivity contribution in [3.63, 3.8) is 0 Å². The molecule has 3 N–H and O–H groups in total. The van der Waals surface area contributed by atoms with Crippen molar-refractivity contribution in [1.29, 1.82) is 0 Å². The van der Waals surface area contributed by atoms with Crippen LogP contribution in [0.5, 0.6) is 0 Å². The first-order chi connectivity index (χ1) is 28.3. The molecule has 58 heavy (non-hydrogen) atoms. The van der Waals surface area contributed by atoms with Gasteiger partial charge in [-0.1, -0.05) is 30.3 Å². The molecule has 2 aliphatic rings. The maximum Gasteiger partial charge on any atom is 0.305 e. The Kier molecular flexibility index (Phi) is 15.4. The number of benzene rings is 3. The zero-order valence-electron chi connectivity index (χ0n) is 33.1. The Morgan fingerprint density at radius 2 is 1.50 bits per heavy atom. The van der Waals surface area contributed by atoms with E-state index in [0.717, 1.165) is 56.4 Å². The number of ether oxygens (including phenoxy) is 3. The van der Waals surface area contributed by atoms with Crippen molar-refractivity contribution in [2.24, 2.45) is 0 Å². The van der Waals surface area contributed by atoms with E-state index < -0.39 is 5.97 Å². The number of fused-ring (bicyclic) bond motifs is 1. The number of carbonyl (C=O) groups is 4.